The maximum atomic E-state index is 12.0. The summed E-state index contributed by atoms with van der Waals surface area (Å²) in [7, 11) is 0. The molecule has 1 aliphatic rings. The number of hydrogen-bond donors (Lipinski definition) is 2. The number of carbonyl (C=O) groups excluding carboxylic acids is 1. The fourth-order valence-corrected chi connectivity index (χ4v) is 2.55. The smallest absolute Gasteiger partial charge is 0.251 e. The predicted octanol–water partition coefficient (Wildman–Crippen LogP) is 2.30. The number of amides is 1. The summed E-state index contributed by atoms with van der Waals surface area (Å²) in [5.74, 6) is 0.951. The molecule has 0 aromatic heterocycles. The van der Waals surface area contributed by atoms with E-state index in [9.17, 15) is 9.90 Å². The Kier molecular flexibility index (Phi) is 4.30. The Morgan fingerprint density at radius 1 is 1.50 bits per heavy atom. The maximum absolute atomic E-state index is 12.0. The molecule has 1 aliphatic carbocycles. The monoisotopic (exact) mass is 265 g/mol. The van der Waals surface area contributed by atoms with E-state index in [4.69, 9.17) is 0 Å². The van der Waals surface area contributed by atoms with E-state index in [0.717, 1.165) is 23.5 Å². The third-order valence-corrected chi connectivity index (χ3v) is 4.20. The first-order valence-electron chi connectivity index (χ1n) is 6.31. The summed E-state index contributed by atoms with van der Waals surface area (Å²) in [5, 5.41) is 12.1. The number of aliphatic hydroxyl groups is 1. The molecule has 0 unspecified atom stereocenters. The van der Waals surface area contributed by atoms with Gasteiger partial charge >= 0.3 is 0 Å². The summed E-state index contributed by atoms with van der Waals surface area (Å²) >= 11 is 1.73. The van der Waals surface area contributed by atoms with Gasteiger partial charge in [0.15, 0.2) is 0 Å². The molecule has 1 aromatic carbocycles. The fraction of sp³-hybridized carbons (Fsp3) is 0.500. The van der Waals surface area contributed by atoms with Gasteiger partial charge in [0.2, 0.25) is 0 Å². The molecule has 2 N–H and O–H groups in total. The molecule has 0 heterocycles. The van der Waals surface area contributed by atoms with Crippen LogP contribution in [-0.2, 0) is 0 Å². The average molecular weight is 265 g/mol. The van der Waals surface area contributed by atoms with E-state index in [1.807, 2.05) is 24.3 Å². The van der Waals surface area contributed by atoms with Crippen molar-refractivity contribution >= 4 is 17.7 Å². The highest BCUT2D eigenvalue weighted by Crippen LogP contribution is 2.44. The third kappa shape index (κ3) is 3.27. The van der Waals surface area contributed by atoms with Gasteiger partial charge in [-0.2, -0.15) is 0 Å². The van der Waals surface area contributed by atoms with Crippen LogP contribution in [0.2, 0.25) is 0 Å². The van der Waals surface area contributed by atoms with Crippen molar-refractivity contribution in [2.24, 2.45) is 5.41 Å². The van der Waals surface area contributed by atoms with Gasteiger partial charge in [0.1, 0.15) is 0 Å². The highest BCUT2D eigenvalue weighted by molar-refractivity contribution is 7.99. The Morgan fingerprint density at radius 3 is 2.89 bits per heavy atom. The van der Waals surface area contributed by atoms with Crippen molar-refractivity contribution in [3.05, 3.63) is 29.8 Å². The first-order valence-corrected chi connectivity index (χ1v) is 7.29. The normalized spacial score (nSPS) is 16.3. The molecular weight excluding hydrogens is 246 g/mol. The minimum Gasteiger partial charge on any atom is -0.396 e. The Morgan fingerprint density at radius 2 is 2.28 bits per heavy atom. The molecule has 3 nitrogen and oxygen atoms in total. The summed E-state index contributed by atoms with van der Waals surface area (Å²) in [5.41, 5.74) is 0.660. The van der Waals surface area contributed by atoms with Gasteiger partial charge in [-0.15, -0.1) is 11.8 Å². The standard InChI is InChI=1S/C14H19NO2S/c1-2-18-12-5-3-4-11(8-12)13(17)15-9-14(10-16)6-7-14/h3-5,8,16H,2,6-7,9-10H2,1H3,(H,15,17). The van der Waals surface area contributed by atoms with Crippen molar-refractivity contribution in [3.63, 3.8) is 0 Å². The third-order valence-electron chi connectivity index (χ3n) is 3.32. The van der Waals surface area contributed by atoms with Crippen LogP contribution in [0.5, 0.6) is 0 Å². The Labute approximate surface area is 112 Å². The molecule has 2 rings (SSSR count). The van der Waals surface area contributed by atoms with Gasteiger partial charge in [-0.25, -0.2) is 0 Å². The number of aliphatic hydroxyl groups excluding tert-OH is 1. The van der Waals surface area contributed by atoms with Crippen LogP contribution in [0.15, 0.2) is 29.2 Å². The Bertz CT molecular complexity index is 430. The van der Waals surface area contributed by atoms with Crippen LogP contribution in [0.4, 0.5) is 0 Å². The number of carbonyl (C=O) groups is 1. The average Bonchev–Trinajstić information content (AvgIpc) is 3.17. The van der Waals surface area contributed by atoms with E-state index < -0.39 is 0 Å². The lowest BCUT2D eigenvalue weighted by Crippen LogP contribution is -2.31. The van der Waals surface area contributed by atoms with Crippen LogP contribution < -0.4 is 5.32 Å². The lowest BCUT2D eigenvalue weighted by atomic mass is 10.1. The number of rotatable bonds is 6. The highest BCUT2D eigenvalue weighted by Gasteiger charge is 2.42. The summed E-state index contributed by atoms with van der Waals surface area (Å²) < 4.78 is 0. The van der Waals surface area contributed by atoms with Crippen molar-refractivity contribution in [1.82, 2.24) is 5.32 Å². The number of benzene rings is 1. The Balaban J connectivity index is 1.93. The van der Waals surface area contributed by atoms with Crippen molar-refractivity contribution in [2.45, 2.75) is 24.7 Å². The van der Waals surface area contributed by atoms with Crippen LogP contribution in [0.1, 0.15) is 30.1 Å². The molecule has 1 saturated carbocycles. The lowest BCUT2D eigenvalue weighted by molar-refractivity contribution is 0.0935. The second-order valence-corrected chi connectivity index (χ2v) is 6.14. The van der Waals surface area contributed by atoms with E-state index >= 15 is 0 Å². The van der Waals surface area contributed by atoms with E-state index in [-0.39, 0.29) is 17.9 Å². The quantitative estimate of drug-likeness (QED) is 0.776. The number of hydrogen-bond acceptors (Lipinski definition) is 3. The molecule has 0 atom stereocenters. The predicted molar refractivity (Wildman–Crippen MR) is 73.9 cm³/mol. The lowest BCUT2D eigenvalue weighted by Gasteiger charge is -2.13. The minimum absolute atomic E-state index is 0.0363. The molecule has 1 fully saturated rings. The van der Waals surface area contributed by atoms with Crippen molar-refractivity contribution in [3.8, 4) is 0 Å². The van der Waals surface area contributed by atoms with Crippen LogP contribution in [-0.4, -0.2) is 29.9 Å². The fourth-order valence-electron chi connectivity index (χ4n) is 1.83. The van der Waals surface area contributed by atoms with E-state index in [1.54, 1.807) is 11.8 Å². The first-order chi connectivity index (χ1) is 8.69. The summed E-state index contributed by atoms with van der Waals surface area (Å²) in [6, 6.07) is 7.67. The molecule has 0 spiro atoms. The molecule has 0 bridgehead atoms. The molecule has 1 amide bonds. The van der Waals surface area contributed by atoms with Crippen LogP contribution in [0.3, 0.4) is 0 Å². The first kappa shape index (κ1) is 13.4. The number of nitrogens with one attached hydrogen (secondary N) is 1. The van der Waals surface area contributed by atoms with Crippen LogP contribution in [0.25, 0.3) is 0 Å². The zero-order valence-electron chi connectivity index (χ0n) is 10.6. The minimum atomic E-state index is -0.0479. The molecule has 1 aromatic rings. The Hall–Kier alpha value is -1.00. The topological polar surface area (TPSA) is 49.3 Å². The van der Waals surface area contributed by atoms with Gasteiger partial charge in [-0.3, -0.25) is 4.79 Å². The number of thioether (sulfide) groups is 1. The molecule has 0 radical (unpaired) electrons. The summed E-state index contributed by atoms with van der Waals surface area (Å²) in [4.78, 5) is 13.1. The van der Waals surface area contributed by atoms with E-state index in [0.29, 0.717) is 12.1 Å². The van der Waals surface area contributed by atoms with Gasteiger partial charge in [0, 0.05) is 22.4 Å². The molecule has 0 aliphatic heterocycles. The molecule has 0 saturated heterocycles. The van der Waals surface area contributed by atoms with Gasteiger partial charge in [-0.1, -0.05) is 13.0 Å². The second kappa shape index (κ2) is 5.76. The van der Waals surface area contributed by atoms with E-state index in [2.05, 4.69) is 12.2 Å². The molecule has 4 heteroatoms. The van der Waals surface area contributed by atoms with Crippen molar-refractivity contribution in [1.29, 1.82) is 0 Å². The highest BCUT2D eigenvalue weighted by atomic mass is 32.2. The van der Waals surface area contributed by atoms with Crippen molar-refractivity contribution in [2.75, 3.05) is 18.9 Å². The van der Waals surface area contributed by atoms with Crippen molar-refractivity contribution < 1.29 is 9.90 Å². The molecular formula is C14H19NO2S. The second-order valence-electron chi connectivity index (χ2n) is 4.80. The molecule has 98 valence electrons. The SMILES string of the molecule is CCSc1cccc(C(=O)NCC2(CO)CC2)c1. The van der Waals surface area contributed by atoms with E-state index in [1.165, 1.54) is 0 Å². The van der Waals surface area contributed by atoms with Gasteiger partial charge in [0.05, 0.1) is 6.61 Å². The van der Waals surface area contributed by atoms with Gasteiger partial charge in [0.25, 0.3) is 5.91 Å². The van der Waals surface area contributed by atoms with Crippen LogP contribution in [0, 0.1) is 5.41 Å². The zero-order chi connectivity index (χ0) is 13.0. The van der Waals surface area contributed by atoms with Gasteiger partial charge in [-0.05, 0) is 36.8 Å². The summed E-state index contributed by atoms with van der Waals surface area (Å²) in [6.07, 6.45) is 2.02. The molecule has 18 heavy (non-hydrogen) atoms. The largest absolute Gasteiger partial charge is 0.396 e. The van der Waals surface area contributed by atoms with Crippen LogP contribution >= 0.6 is 11.8 Å². The summed E-state index contributed by atoms with van der Waals surface area (Å²) in [6.45, 7) is 2.84. The van der Waals surface area contributed by atoms with Gasteiger partial charge < -0.3 is 10.4 Å². The zero-order valence-corrected chi connectivity index (χ0v) is 11.4. The maximum Gasteiger partial charge on any atom is 0.251 e.